The van der Waals surface area contributed by atoms with E-state index < -0.39 is 64.7 Å². The monoisotopic (exact) mass is 2100 g/mol. The molecule has 0 bridgehead atoms. The number of aromatic nitrogens is 4. The molecule has 6 heterocycles. The van der Waals surface area contributed by atoms with Gasteiger partial charge < -0.3 is 33.5 Å². The normalized spacial score (nSPS) is 14.1. The van der Waals surface area contributed by atoms with E-state index in [1.165, 1.54) is 85.0 Å². The number of esters is 1. The van der Waals surface area contributed by atoms with Crippen molar-refractivity contribution in [3.8, 4) is 28.7 Å². The predicted octanol–water partition coefficient (Wildman–Crippen LogP) is 27.1. The van der Waals surface area contributed by atoms with Gasteiger partial charge in [-0.2, -0.15) is 65.9 Å². The summed E-state index contributed by atoms with van der Waals surface area (Å²) < 4.78 is 238. The van der Waals surface area contributed by atoms with E-state index in [4.69, 9.17) is 40.0 Å². The Bertz CT molecular complexity index is 5960. The Morgan fingerprint density at radius 2 is 0.658 bits per heavy atom. The highest BCUT2D eigenvalue weighted by Gasteiger charge is 2.38. The first-order chi connectivity index (χ1) is 70.8. The number of hydrogen-bond donors (Lipinski definition) is 1. The summed E-state index contributed by atoms with van der Waals surface area (Å²) in [5.41, 5.74) is 6.15. The van der Waals surface area contributed by atoms with E-state index >= 15 is 0 Å². The molecule has 2 aliphatic heterocycles. The van der Waals surface area contributed by atoms with Crippen LogP contribution < -0.4 is 23.7 Å². The summed E-state index contributed by atoms with van der Waals surface area (Å²) in [7, 11) is 1.38. The van der Waals surface area contributed by atoms with Crippen molar-refractivity contribution in [2.24, 2.45) is 16.2 Å². The van der Waals surface area contributed by atoms with Crippen LogP contribution in [0.5, 0.6) is 28.7 Å². The summed E-state index contributed by atoms with van der Waals surface area (Å²) in [5, 5.41) is 10.5. The van der Waals surface area contributed by atoms with Crippen molar-refractivity contribution in [2.45, 2.75) is 149 Å². The molecule has 0 saturated heterocycles. The minimum Gasteiger partial charge on any atom is -0.494 e. The molecule has 17 nitrogen and oxygen atoms in total. The highest BCUT2D eigenvalue weighted by atomic mass is 35.5. The number of pyridine rings is 4. The molecule has 0 saturated carbocycles. The van der Waals surface area contributed by atoms with Gasteiger partial charge in [0.25, 0.3) is 0 Å². The summed E-state index contributed by atoms with van der Waals surface area (Å²) in [6.45, 7) is 22.9. The number of aliphatic hydroxyl groups excluding tert-OH is 1. The number of alkyl halides is 15. The van der Waals surface area contributed by atoms with E-state index in [0.717, 1.165) is 145 Å². The van der Waals surface area contributed by atoms with E-state index in [1.54, 1.807) is 49.2 Å². The Morgan fingerprint density at radius 3 is 0.987 bits per heavy atom. The Labute approximate surface area is 863 Å². The Morgan fingerprint density at radius 1 is 0.362 bits per heavy atom. The van der Waals surface area contributed by atoms with Crippen molar-refractivity contribution in [1.29, 1.82) is 0 Å². The van der Waals surface area contributed by atoms with Crippen LogP contribution in [0.4, 0.5) is 70.2 Å². The maximum atomic E-state index is 14.3. The van der Waals surface area contributed by atoms with Crippen molar-refractivity contribution in [3.63, 3.8) is 0 Å². The molecule has 0 aliphatic carbocycles. The number of carbonyl (C=O) groups is 1. The molecular formula is C115H122ClF16N9O8. The van der Waals surface area contributed by atoms with Crippen molar-refractivity contribution in [3.05, 3.63) is 411 Å². The summed E-state index contributed by atoms with van der Waals surface area (Å²) >= 11 is 6.38. The van der Waals surface area contributed by atoms with Crippen LogP contribution in [0.3, 0.4) is 0 Å². The zero-order chi connectivity index (χ0) is 107. The number of nitrogens with zero attached hydrogens (tertiary/aromatic N) is 9. The highest BCUT2D eigenvalue weighted by Crippen LogP contribution is 2.40. The van der Waals surface area contributed by atoms with Gasteiger partial charge in [-0.3, -0.25) is 44.4 Å². The van der Waals surface area contributed by atoms with Crippen LogP contribution >= 0.6 is 11.6 Å². The lowest BCUT2D eigenvalue weighted by Crippen LogP contribution is -2.41. The molecule has 1 N–H and O–H groups in total. The van der Waals surface area contributed by atoms with Crippen LogP contribution in [0.1, 0.15) is 150 Å². The second kappa shape index (κ2) is 55.0. The number of carbonyl (C=O) groups excluding carboxylic acids is 1. The molecular weight excluding hydrogens is 1970 g/mol. The first-order valence-corrected chi connectivity index (χ1v) is 48.7. The lowest BCUT2D eigenvalue weighted by molar-refractivity contribution is -0.148. The van der Waals surface area contributed by atoms with E-state index in [-0.39, 0.29) is 40.7 Å². The minimum atomic E-state index is -4.38. The quantitative estimate of drug-likeness (QED) is 0.0220. The molecule has 149 heavy (non-hydrogen) atoms. The van der Waals surface area contributed by atoms with E-state index in [1.807, 2.05) is 142 Å². The third-order valence-corrected chi connectivity index (χ3v) is 24.6. The van der Waals surface area contributed by atoms with Gasteiger partial charge in [0, 0.05) is 161 Å². The van der Waals surface area contributed by atoms with Crippen molar-refractivity contribution in [1.82, 2.24) is 44.4 Å². The maximum absolute atomic E-state index is 14.3. The second-order valence-corrected chi connectivity index (χ2v) is 38.9. The van der Waals surface area contributed by atoms with Crippen LogP contribution in [0.2, 0.25) is 5.02 Å². The fourth-order valence-electron chi connectivity index (χ4n) is 17.1. The molecule has 2 aliphatic rings. The maximum Gasteiger partial charge on any atom is 0.416 e. The molecule has 0 spiro atoms. The Kier molecular flexibility index (Phi) is 42.9. The average Bonchev–Trinajstić information content (AvgIpc) is 0.785. The highest BCUT2D eigenvalue weighted by molar-refractivity contribution is 6.31. The molecule has 34 heteroatoms. The fraction of sp³-hybridized carbons (Fsp3) is 0.348. The Balaban J connectivity index is 0.000000177. The summed E-state index contributed by atoms with van der Waals surface area (Å²) in [6.07, 6.45) is -4.35. The van der Waals surface area contributed by atoms with Gasteiger partial charge in [0.1, 0.15) is 40.6 Å². The molecule has 0 amide bonds. The van der Waals surface area contributed by atoms with Crippen LogP contribution in [0, 0.1) is 22.1 Å². The van der Waals surface area contributed by atoms with Gasteiger partial charge in [-0.15, -0.1) is 0 Å². The summed E-state index contributed by atoms with van der Waals surface area (Å²) in [6, 6.07) is 69.2. The number of fused-ring (bicyclic) bond motifs is 2. The van der Waals surface area contributed by atoms with Crippen LogP contribution in [0.15, 0.2) is 316 Å². The summed E-state index contributed by atoms with van der Waals surface area (Å²) in [4.78, 5) is 40.0. The van der Waals surface area contributed by atoms with Gasteiger partial charge >= 0.3 is 36.9 Å². The molecule has 2 atom stereocenters. The molecule has 15 rings (SSSR count). The molecule has 4 aromatic heterocycles. The fourth-order valence-corrected chi connectivity index (χ4v) is 17.3. The SMILES string of the molecule is CC(C)(COc1ccc(C(F)(F)F)cc1)CN(Cc1cccnc1)Cc1ccccc1Cl.CC(C)(COc1ccc(C(F)(F)F)cc1)CN(Cc1cccnc1)Cc1ccccc1F.CC(C)(COc1ccc(C(F)(F)F)cc1)CN(Cc1cccnc1)Cc1cccnc1.COC(=O)C1c2ccccc2CCN1CCCOc1ccc(C(F)(F)F)cc1.OCC1c2ccccc2CCN1CCCOc1ccc(C(F)(F)F)cc1. The number of benzene rings is 9. The number of halogens is 17. The zero-order valence-corrected chi connectivity index (χ0v) is 84.5. The number of ether oxygens (including phenoxy) is 6. The minimum absolute atomic E-state index is 0.00832. The lowest BCUT2D eigenvalue weighted by Gasteiger charge is -2.36. The average molecular weight is 2100 g/mol. The van der Waals surface area contributed by atoms with Crippen molar-refractivity contribution >= 4 is 17.6 Å². The van der Waals surface area contributed by atoms with Crippen LogP contribution in [-0.4, -0.2) is 148 Å². The van der Waals surface area contributed by atoms with Gasteiger partial charge in [-0.05, 0) is 233 Å². The zero-order valence-electron chi connectivity index (χ0n) is 83.7. The number of rotatable bonds is 39. The largest absolute Gasteiger partial charge is 0.494 e. The van der Waals surface area contributed by atoms with Crippen LogP contribution in [0.25, 0.3) is 0 Å². The van der Waals surface area contributed by atoms with E-state index in [0.29, 0.717) is 138 Å². The van der Waals surface area contributed by atoms with Gasteiger partial charge in [0.15, 0.2) is 0 Å². The topological polar surface area (TPSA) is 160 Å². The van der Waals surface area contributed by atoms with Gasteiger partial charge in [0.2, 0.25) is 0 Å². The molecule has 0 fully saturated rings. The third-order valence-electron chi connectivity index (χ3n) is 24.2. The van der Waals surface area contributed by atoms with Crippen molar-refractivity contribution in [2.75, 3.05) is 92.6 Å². The van der Waals surface area contributed by atoms with Gasteiger partial charge in [-0.25, -0.2) is 9.18 Å². The molecule has 13 aromatic rings. The third kappa shape index (κ3) is 38.8. The lowest BCUT2D eigenvalue weighted by atomic mass is 9.92. The smallest absolute Gasteiger partial charge is 0.416 e. The van der Waals surface area contributed by atoms with E-state index in [2.05, 4.69) is 84.3 Å². The number of aliphatic hydroxyl groups is 1. The van der Waals surface area contributed by atoms with E-state index in [9.17, 15) is 80.1 Å². The summed E-state index contributed by atoms with van der Waals surface area (Å²) in [5.74, 6) is 1.47. The first-order valence-electron chi connectivity index (χ1n) is 48.4. The van der Waals surface area contributed by atoms with Crippen LogP contribution in [-0.2, 0) is 92.5 Å². The standard InChI is InChI=1S/C25H26ClF3N2O.C25H26F4N2O.C24H26F3N3O.C21H22F3NO3.C20H22F3NO2/c2*1-24(2,18-32-22-11-9-21(10-12-22)25(27,28)29)17-31(15-19-6-5-13-30-14-19)16-20-7-3-4-8-23(20)26;1-23(2,18-31-22-9-7-21(8-10-22)24(25,26)27)17-30(15-19-5-3-11-28-13-19)16-20-6-4-12-29-14-20;1-27-20(26)19-18-6-3-2-5-15(18)11-13-25(19)12-4-14-28-17-9-7-16(8-10-17)21(22,23)24;21-20(22,23)16-6-8-17(9-7-16)26-13-3-11-24-12-10-15-4-1-2-5-18(15)19(24)14-25/h2*3-14H,15-18H2,1-2H3;3-14H,15-18H2,1-2H3;2-3,5-10,19H,4,11-14H2,1H3;1-2,4-9,19,25H,3,10-14H2. The molecule has 9 aromatic carbocycles. The number of hydrogen-bond acceptors (Lipinski definition) is 17. The second-order valence-electron chi connectivity index (χ2n) is 38.5. The van der Waals surface area contributed by atoms with Crippen molar-refractivity contribution < 1.29 is 109 Å². The first kappa shape index (κ1) is 116. The predicted molar refractivity (Wildman–Crippen MR) is 540 cm³/mol. The Hall–Kier alpha value is -13.0. The molecule has 0 radical (unpaired) electrons. The molecule has 794 valence electrons. The van der Waals surface area contributed by atoms with Gasteiger partial charge in [0.05, 0.1) is 80.6 Å². The number of methoxy groups -OCH3 is 1. The molecule has 2 unspecified atom stereocenters. The van der Waals surface area contributed by atoms with Gasteiger partial charge in [-0.1, -0.05) is 162 Å².